The molecular weight excluding hydrogens is 410 g/mol. The van der Waals surface area contributed by atoms with Crippen LogP contribution in [0.15, 0.2) is 47.5 Å². The molecule has 0 saturated carbocycles. The molecule has 2 radical (unpaired) electrons. The van der Waals surface area contributed by atoms with Crippen molar-refractivity contribution in [1.82, 2.24) is 0 Å². The van der Waals surface area contributed by atoms with E-state index >= 15 is 0 Å². The van der Waals surface area contributed by atoms with E-state index in [4.69, 9.17) is 46.4 Å². The quantitative estimate of drug-likeness (QED) is 0.359. The molecule has 0 saturated heterocycles. The molecule has 0 aromatic heterocycles. The highest BCUT2D eigenvalue weighted by Gasteiger charge is 2.49. The van der Waals surface area contributed by atoms with E-state index in [1.54, 1.807) is 0 Å². The van der Waals surface area contributed by atoms with Crippen LogP contribution in [0.2, 0.25) is 10.0 Å². The molecule has 0 amide bonds. The van der Waals surface area contributed by atoms with Gasteiger partial charge in [-0.25, -0.2) is 0 Å². The third kappa shape index (κ3) is 2.64. The highest BCUT2D eigenvalue weighted by Crippen LogP contribution is 2.53. The van der Waals surface area contributed by atoms with Crippen molar-refractivity contribution in [2.75, 3.05) is 0 Å². The van der Waals surface area contributed by atoms with Gasteiger partial charge in [0.05, 0.1) is 8.99 Å². The molecule has 2 aromatic rings. The van der Waals surface area contributed by atoms with Crippen LogP contribution in [0.1, 0.15) is 36.1 Å². The maximum atomic E-state index is 7.20. The van der Waals surface area contributed by atoms with Crippen LogP contribution in [0.4, 0.5) is 0 Å². The van der Waals surface area contributed by atoms with Gasteiger partial charge < -0.3 is 0 Å². The Hall–Kier alpha value is -0.703. The van der Waals surface area contributed by atoms with Crippen molar-refractivity contribution in [3.05, 3.63) is 79.8 Å². The van der Waals surface area contributed by atoms with E-state index in [2.05, 4.69) is 26.0 Å². The summed E-state index contributed by atoms with van der Waals surface area (Å²) in [7, 11) is 0.242. The lowest BCUT2D eigenvalue weighted by Crippen LogP contribution is -2.40. The predicted molar refractivity (Wildman–Crippen MR) is 111 cm³/mol. The van der Waals surface area contributed by atoms with Crippen molar-refractivity contribution in [3.8, 4) is 0 Å². The van der Waals surface area contributed by atoms with Gasteiger partial charge in [0.2, 0.25) is 0 Å². The Balaban J connectivity index is 1.81. The van der Waals surface area contributed by atoms with Gasteiger partial charge in [0.15, 0.2) is 0 Å². The second-order valence-electron chi connectivity index (χ2n) is 6.56. The molecule has 2 atom stereocenters. The fourth-order valence-corrected chi connectivity index (χ4v) is 7.14. The Bertz CT molecular complexity index is 885. The number of alkyl halides is 2. The van der Waals surface area contributed by atoms with Gasteiger partial charge in [-0.3, -0.25) is 0 Å². The summed E-state index contributed by atoms with van der Waals surface area (Å²) in [5.74, 6) is 0. The average Bonchev–Trinajstić information content (AvgIpc) is 2.90. The summed E-state index contributed by atoms with van der Waals surface area (Å²) in [5.41, 5.74) is 6.49. The first-order chi connectivity index (χ1) is 11.7. The largest absolute Gasteiger partial charge is 0.118 e. The molecule has 0 heterocycles. The van der Waals surface area contributed by atoms with E-state index in [0.29, 0.717) is 10.0 Å². The van der Waals surface area contributed by atoms with E-state index in [9.17, 15) is 0 Å². The van der Waals surface area contributed by atoms with Gasteiger partial charge in [0, 0.05) is 10.0 Å². The topological polar surface area (TPSA) is 0 Å². The summed E-state index contributed by atoms with van der Waals surface area (Å²) in [5, 5.41) is 1.43. The first-order valence-electron chi connectivity index (χ1n) is 7.89. The molecule has 2 aliphatic rings. The van der Waals surface area contributed by atoms with E-state index in [1.807, 2.05) is 36.4 Å². The number of benzene rings is 2. The molecular formula is C20H14Cl4Si. The molecule has 4 rings (SSSR count). The van der Waals surface area contributed by atoms with Gasteiger partial charge in [-0.15, -0.1) is 23.2 Å². The predicted octanol–water partition coefficient (Wildman–Crippen LogP) is 7.01. The van der Waals surface area contributed by atoms with Gasteiger partial charge in [0.25, 0.3) is 0 Å². The van der Waals surface area contributed by atoms with Crippen LogP contribution < -0.4 is 0 Å². The molecule has 126 valence electrons. The van der Waals surface area contributed by atoms with Crippen molar-refractivity contribution < 1.29 is 0 Å². The Morgan fingerprint density at radius 2 is 1.12 bits per heavy atom. The fraction of sp³-hybridized carbons (Fsp3) is 0.200. The third-order valence-electron chi connectivity index (χ3n) is 4.94. The van der Waals surface area contributed by atoms with Crippen LogP contribution in [-0.2, 0) is 8.99 Å². The van der Waals surface area contributed by atoms with Crippen molar-refractivity contribution >= 4 is 68.1 Å². The van der Waals surface area contributed by atoms with Crippen LogP contribution in [0.5, 0.6) is 0 Å². The first-order valence-corrected chi connectivity index (χ1v) is 10.4. The summed E-state index contributed by atoms with van der Waals surface area (Å²) >= 11 is 26.7. The minimum Gasteiger partial charge on any atom is -0.114 e. The number of halogens is 4. The molecule has 0 spiro atoms. The van der Waals surface area contributed by atoms with Crippen LogP contribution >= 0.6 is 46.4 Å². The minimum absolute atomic E-state index is 0.242. The average molecular weight is 424 g/mol. The molecule has 0 bridgehead atoms. The SMILES string of the molecule is CC1=Cc2cc(Cl)ccc2C1(Cl)[Si]C1(Cl)C(C)=Cc2cc(Cl)ccc21. The second-order valence-corrected chi connectivity index (χ2v) is 11.0. The minimum atomic E-state index is -0.627. The van der Waals surface area contributed by atoms with E-state index in [1.165, 1.54) is 0 Å². The summed E-state index contributed by atoms with van der Waals surface area (Å²) < 4.78 is -1.25. The van der Waals surface area contributed by atoms with Crippen LogP contribution in [0.25, 0.3) is 12.2 Å². The lowest BCUT2D eigenvalue weighted by atomic mass is 10.1. The Kier molecular flexibility index (Phi) is 4.18. The highest BCUT2D eigenvalue weighted by atomic mass is 35.5. The zero-order chi connectivity index (χ0) is 18.0. The fourth-order valence-electron chi connectivity index (χ4n) is 3.59. The van der Waals surface area contributed by atoms with Crippen LogP contribution in [-0.4, -0.2) is 9.52 Å². The number of rotatable bonds is 2. The number of hydrogen-bond acceptors (Lipinski definition) is 0. The Morgan fingerprint density at radius 3 is 1.52 bits per heavy atom. The smallest absolute Gasteiger partial charge is 0.114 e. The number of fused-ring (bicyclic) bond motifs is 2. The molecule has 0 nitrogen and oxygen atoms in total. The normalized spacial score (nSPS) is 27.0. The second kappa shape index (κ2) is 5.90. The van der Waals surface area contributed by atoms with Gasteiger partial charge in [-0.2, -0.15) is 0 Å². The Morgan fingerprint density at radius 1 is 0.720 bits per heavy atom. The maximum absolute atomic E-state index is 7.20. The lowest BCUT2D eigenvalue weighted by molar-refractivity contribution is 0.927. The molecule has 2 aromatic carbocycles. The molecule has 0 N–H and O–H groups in total. The molecule has 5 heteroatoms. The van der Waals surface area contributed by atoms with Crippen LogP contribution in [0.3, 0.4) is 0 Å². The summed E-state index contributed by atoms with van der Waals surface area (Å²) in [6.07, 6.45) is 4.22. The highest BCUT2D eigenvalue weighted by molar-refractivity contribution is 6.69. The monoisotopic (exact) mass is 422 g/mol. The van der Waals surface area contributed by atoms with Gasteiger partial charge >= 0.3 is 0 Å². The molecule has 2 unspecified atom stereocenters. The molecule has 0 aliphatic heterocycles. The number of allylic oxidation sites excluding steroid dienone is 2. The molecule has 25 heavy (non-hydrogen) atoms. The molecule has 0 fully saturated rings. The van der Waals surface area contributed by atoms with Crippen molar-refractivity contribution in [3.63, 3.8) is 0 Å². The van der Waals surface area contributed by atoms with Crippen molar-refractivity contribution in [2.45, 2.75) is 22.8 Å². The molecule has 2 aliphatic carbocycles. The Labute approximate surface area is 170 Å². The van der Waals surface area contributed by atoms with E-state index in [0.717, 1.165) is 33.4 Å². The summed E-state index contributed by atoms with van der Waals surface area (Å²) in [6.45, 7) is 4.12. The lowest BCUT2D eigenvalue weighted by Gasteiger charge is -2.34. The standard InChI is InChI=1S/C20H14Cl4Si/c1-11-7-13-9-15(21)3-5-17(13)19(11,23)25-20(24)12(2)8-14-10-16(22)4-6-18(14)20/h3-10H,1-2H3. The van der Waals surface area contributed by atoms with E-state index in [-0.39, 0.29) is 9.52 Å². The summed E-state index contributed by atoms with van der Waals surface area (Å²) in [4.78, 5) is 0. The summed E-state index contributed by atoms with van der Waals surface area (Å²) in [6, 6.07) is 11.7. The van der Waals surface area contributed by atoms with Gasteiger partial charge in [0.1, 0.15) is 9.52 Å². The zero-order valence-electron chi connectivity index (χ0n) is 13.6. The van der Waals surface area contributed by atoms with E-state index < -0.39 is 8.99 Å². The number of hydrogen-bond donors (Lipinski definition) is 0. The van der Waals surface area contributed by atoms with Crippen molar-refractivity contribution in [1.29, 1.82) is 0 Å². The zero-order valence-corrected chi connectivity index (χ0v) is 17.7. The van der Waals surface area contributed by atoms with Gasteiger partial charge in [-0.1, -0.05) is 58.6 Å². The van der Waals surface area contributed by atoms with Crippen molar-refractivity contribution in [2.24, 2.45) is 0 Å². The first kappa shape index (κ1) is 17.7. The van der Waals surface area contributed by atoms with Gasteiger partial charge in [-0.05, 0) is 60.4 Å². The third-order valence-corrected chi connectivity index (χ3v) is 9.00. The maximum Gasteiger partial charge on any atom is 0.118 e. The van der Waals surface area contributed by atoms with Crippen LogP contribution in [0, 0.1) is 0 Å².